The predicted molar refractivity (Wildman–Crippen MR) is 49.7 cm³/mol. The molecule has 1 aromatic carbocycles. The van der Waals surface area contributed by atoms with E-state index in [1.54, 1.807) is 6.07 Å². The number of hydrogen-bond donors (Lipinski definition) is 0. The molecule has 0 N–H and O–H groups in total. The van der Waals surface area contributed by atoms with Crippen LogP contribution in [0.5, 0.6) is 5.75 Å². The highest BCUT2D eigenvalue weighted by Crippen LogP contribution is 2.26. The average molecular weight is 227 g/mol. The number of rotatable bonds is 2. The molecule has 0 fully saturated rings. The summed E-state index contributed by atoms with van der Waals surface area (Å²) in [6.07, 6.45) is -0.709. The maximum atomic E-state index is 11.9. The average Bonchev–Trinajstić information content (AvgIpc) is 2.69. The van der Waals surface area contributed by atoms with E-state index in [-0.39, 0.29) is 5.75 Å². The number of benzene rings is 1. The normalized spacial score (nSPS) is 11.4. The summed E-state index contributed by atoms with van der Waals surface area (Å²) in [7, 11) is 0. The highest BCUT2D eigenvalue weighted by Gasteiger charge is 2.30. The molecule has 5 heteroatoms. The Kier molecular flexibility index (Phi) is 2.60. The molecule has 83 valence electrons. The first-order valence-corrected chi connectivity index (χ1v) is 4.35. The molecule has 0 atom stereocenters. The molecule has 0 saturated heterocycles. The molecule has 1 radical (unpaired) electrons. The lowest BCUT2D eigenvalue weighted by Crippen LogP contribution is -2.16. The van der Waals surface area contributed by atoms with Crippen LogP contribution in [0, 0.1) is 6.26 Å². The Hall–Kier alpha value is -1.91. The van der Waals surface area contributed by atoms with Gasteiger partial charge in [-0.2, -0.15) is 0 Å². The minimum atomic E-state index is -4.66. The molecule has 2 rings (SSSR count). The quantitative estimate of drug-likeness (QED) is 0.781. The summed E-state index contributed by atoms with van der Waals surface area (Å²) in [6.45, 7) is 0. The standard InChI is InChI=1S/C11H6F3O2/c12-11(13,14)16-10-3-1-8(2-4-10)9-5-6-15-7-9/h1-5,7H. The highest BCUT2D eigenvalue weighted by atomic mass is 19.4. The zero-order valence-corrected chi connectivity index (χ0v) is 7.91. The molecule has 0 unspecified atom stereocenters. The second kappa shape index (κ2) is 3.92. The van der Waals surface area contributed by atoms with Gasteiger partial charge < -0.3 is 9.15 Å². The topological polar surface area (TPSA) is 22.4 Å². The zero-order chi connectivity index (χ0) is 11.6. The van der Waals surface area contributed by atoms with Gasteiger partial charge in [-0.15, -0.1) is 13.2 Å². The molecule has 1 aromatic heterocycles. The van der Waals surface area contributed by atoms with Crippen molar-refractivity contribution >= 4 is 0 Å². The summed E-state index contributed by atoms with van der Waals surface area (Å²) < 4.78 is 44.1. The third kappa shape index (κ3) is 2.56. The molecule has 0 aliphatic rings. The van der Waals surface area contributed by atoms with E-state index in [0.29, 0.717) is 0 Å². The van der Waals surface area contributed by atoms with Crippen LogP contribution in [-0.4, -0.2) is 6.36 Å². The van der Waals surface area contributed by atoms with Crippen LogP contribution in [-0.2, 0) is 0 Å². The van der Waals surface area contributed by atoms with Gasteiger partial charge in [0.2, 0.25) is 0 Å². The molecule has 2 aromatic rings. The van der Waals surface area contributed by atoms with Crippen LogP contribution in [0.3, 0.4) is 0 Å². The number of ether oxygens (including phenoxy) is 1. The van der Waals surface area contributed by atoms with Crippen LogP contribution >= 0.6 is 0 Å². The molecule has 0 amide bonds. The van der Waals surface area contributed by atoms with Gasteiger partial charge in [0, 0.05) is 5.56 Å². The summed E-state index contributed by atoms with van der Waals surface area (Å²) in [5, 5.41) is 0. The maximum Gasteiger partial charge on any atom is 0.573 e. The number of furan rings is 1. The number of alkyl halides is 3. The van der Waals surface area contributed by atoms with Crippen molar-refractivity contribution in [1.29, 1.82) is 0 Å². The van der Waals surface area contributed by atoms with Crippen molar-refractivity contribution in [3.63, 3.8) is 0 Å². The van der Waals surface area contributed by atoms with E-state index in [0.717, 1.165) is 11.1 Å². The highest BCUT2D eigenvalue weighted by molar-refractivity contribution is 5.62. The van der Waals surface area contributed by atoms with Crippen molar-refractivity contribution in [2.75, 3.05) is 0 Å². The number of halogens is 3. The Morgan fingerprint density at radius 1 is 1.06 bits per heavy atom. The molecule has 0 saturated carbocycles. The van der Waals surface area contributed by atoms with Crippen molar-refractivity contribution in [1.82, 2.24) is 0 Å². The summed E-state index contributed by atoms with van der Waals surface area (Å²) in [6, 6.07) is 7.12. The van der Waals surface area contributed by atoms with E-state index >= 15 is 0 Å². The summed E-state index contributed by atoms with van der Waals surface area (Å²) in [5.41, 5.74) is 1.48. The largest absolute Gasteiger partial charge is 0.573 e. The fourth-order valence-corrected chi connectivity index (χ4v) is 1.23. The molecule has 0 aliphatic carbocycles. The van der Waals surface area contributed by atoms with Gasteiger partial charge in [-0.25, -0.2) is 0 Å². The maximum absolute atomic E-state index is 11.9. The molecule has 16 heavy (non-hydrogen) atoms. The van der Waals surface area contributed by atoms with Crippen LogP contribution < -0.4 is 4.74 Å². The Balaban J connectivity index is 2.17. The third-order valence-corrected chi connectivity index (χ3v) is 1.89. The Morgan fingerprint density at radius 2 is 1.75 bits per heavy atom. The van der Waals surface area contributed by atoms with E-state index in [9.17, 15) is 13.2 Å². The molecular weight excluding hydrogens is 221 g/mol. The van der Waals surface area contributed by atoms with Gasteiger partial charge in [0.05, 0.1) is 6.26 Å². The fourth-order valence-electron chi connectivity index (χ4n) is 1.23. The van der Waals surface area contributed by atoms with E-state index in [4.69, 9.17) is 4.42 Å². The SMILES string of the molecule is FC(F)(F)Oc1ccc(-c2c[c]oc2)cc1. The molecule has 0 aliphatic heterocycles. The molecule has 2 nitrogen and oxygen atoms in total. The monoisotopic (exact) mass is 227 g/mol. The van der Waals surface area contributed by atoms with Crippen molar-refractivity contribution in [2.45, 2.75) is 6.36 Å². The third-order valence-electron chi connectivity index (χ3n) is 1.89. The van der Waals surface area contributed by atoms with Gasteiger partial charge in [0.25, 0.3) is 0 Å². The fraction of sp³-hybridized carbons (Fsp3) is 0.0909. The first kappa shape index (κ1) is 10.6. The van der Waals surface area contributed by atoms with Crippen molar-refractivity contribution in [3.8, 4) is 16.9 Å². The van der Waals surface area contributed by atoms with Crippen molar-refractivity contribution in [2.24, 2.45) is 0 Å². The lowest BCUT2D eigenvalue weighted by molar-refractivity contribution is -0.274. The summed E-state index contributed by atoms with van der Waals surface area (Å²) >= 11 is 0. The van der Waals surface area contributed by atoms with Gasteiger partial charge in [0.1, 0.15) is 5.75 Å². The van der Waals surface area contributed by atoms with E-state index in [1.165, 1.54) is 30.5 Å². The van der Waals surface area contributed by atoms with Crippen LogP contribution in [0.25, 0.3) is 11.1 Å². The van der Waals surface area contributed by atoms with Crippen molar-refractivity contribution in [3.05, 3.63) is 42.9 Å². The smallest absolute Gasteiger partial charge is 0.460 e. The molecule has 0 spiro atoms. The minimum absolute atomic E-state index is 0.247. The van der Waals surface area contributed by atoms with E-state index < -0.39 is 6.36 Å². The zero-order valence-electron chi connectivity index (χ0n) is 7.91. The molecular formula is C11H6F3O2. The Labute approximate surface area is 89.3 Å². The first-order chi connectivity index (χ1) is 7.54. The van der Waals surface area contributed by atoms with E-state index in [1.807, 2.05) is 0 Å². The minimum Gasteiger partial charge on any atom is -0.460 e. The van der Waals surface area contributed by atoms with Crippen LogP contribution in [0.2, 0.25) is 0 Å². The Bertz CT molecular complexity index is 443. The van der Waals surface area contributed by atoms with Crippen LogP contribution in [0.15, 0.2) is 41.0 Å². The number of hydrogen-bond acceptors (Lipinski definition) is 2. The van der Waals surface area contributed by atoms with Crippen molar-refractivity contribution < 1.29 is 22.3 Å². The Morgan fingerprint density at radius 3 is 2.25 bits per heavy atom. The van der Waals surface area contributed by atoms with Gasteiger partial charge in [-0.1, -0.05) is 12.1 Å². The van der Waals surface area contributed by atoms with Crippen LogP contribution in [0.1, 0.15) is 0 Å². The second-order valence-corrected chi connectivity index (χ2v) is 3.03. The summed E-state index contributed by atoms with van der Waals surface area (Å²) in [4.78, 5) is 0. The van der Waals surface area contributed by atoms with Gasteiger partial charge in [-0.05, 0) is 23.8 Å². The predicted octanol–water partition coefficient (Wildman–Crippen LogP) is 3.65. The first-order valence-electron chi connectivity index (χ1n) is 4.35. The lowest BCUT2D eigenvalue weighted by atomic mass is 10.1. The van der Waals surface area contributed by atoms with Gasteiger partial charge in [0.15, 0.2) is 6.26 Å². The van der Waals surface area contributed by atoms with Crippen LogP contribution in [0.4, 0.5) is 13.2 Å². The van der Waals surface area contributed by atoms with E-state index in [2.05, 4.69) is 11.0 Å². The molecule has 0 bridgehead atoms. The second-order valence-electron chi connectivity index (χ2n) is 3.03. The van der Waals surface area contributed by atoms with Gasteiger partial charge >= 0.3 is 6.36 Å². The van der Waals surface area contributed by atoms with Gasteiger partial charge in [-0.3, -0.25) is 0 Å². The molecule has 1 heterocycles. The lowest BCUT2D eigenvalue weighted by Gasteiger charge is -2.08. The summed E-state index contributed by atoms with van der Waals surface area (Å²) in [5.74, 6) is -0.247.